The maximum Gasteiger partial charge on any atom is 0.332 e. The predicted octanol–water partition coefficient (Wildman–Crippen LogP) is 3.57. The lowest BCUT2D eigenvalue weighted by molar-refractivity contribution is 0.361. The fourth-order valence-electron chi connectivity index (χ4n) is 3.79. The number of hydrogen-bond acceptors (Lipinski definition) is 7. The van der Waals surface area contributed by atoms with E-state index in [0.717, 1.165) is 4.57 Å². The van der Waals surface area contributed by atoms with Crippen molar-refractivity contribution in [2.24, 2.45) is 19.2 Å². The Morgan fingerprint density at radius 1 is 1.15 bits per heavy atom. The first-order valence-corrected chi connectivity index (χ1v) is 12.9. The average Bonchev–Trinajstić information content (AvgIpc) is 3.29. The Morgan fingerprint density at radius 3 is 2.62 bits per heavy atom. The number of methoxy groups -OCH3 is 1. The highest BCUT2D eigenvalue weighted by Gasteiger charge is 2.22. The fourth-order valence-corrected chi connectivity index (χ4v) is 4.39. The van der Waals surface area contributed by atoms with Crippen LogP contribution in [-0.4, -0.2) is 43.7 Å². The van der Waals surface area contributed by atoms with Crippen molar-refractivity contribution in [3.8, 4) is 17.5 Å². The lowest BCUT2D eigenvalue weighted by Gasteiger charge is -2.13. The quantitative estimate of drug-likeness (QED) is 0.129. The summed E-state index contributed by atoms with van der Waals surface area (Å²) in [5.41, 5.74) is 3.34. The molecule has 4 rings (SSSR count). The second kappa shape index (κ2) is 12.4. The normalized spacial score (nSPS) is 11.1. The number of benzene rings is 2. The van der Waals surface area contributed by atoms with Gasteiger partial charge in [0.1, 0.15) is 0 Å². The lowest BCUT2D eigenvalue weighted by Crippen LogP contribution is -2.37. The number of imidazole rings is 1. The minimum Gasteiger partial charge on any atom is -0.493 e. The zero-order chi connectivity index (χ0) is 29.0. The maximum atomic E-state index is 13.2. The van der Waals surface area contributed by atoms with Crippen LogP contribution in [0.1, 0.15) is 11.1 Å². The van der Waals surface area contributed by atoms with Gasteiger partial charge in [-0.15, -0.1) is 6.58 Å². The van der Waals surface area contributed by atoms with E-state index < -0.39 is 11.2 Å². The van der Waals surface area contributed by atoms with Crippen molar-refractivity contribution in [2.45, 2.75) is 6.54 Å². The largest absolute Gasteiger partial charge is 0.493 e. The van der Waals surface area contributed by atoms with Gasteiger partial charge in [-0.3, -0.25) is 23.9 Å². The summed E-state index contributed by atoms with van der Waals surface area (Å²) in [5, 5.41) is 8.23. The molecule has 4 aromatic rings. The first-order chi connectivity index (χ1) is 19.1. The monoisotopic (exact) mass is 601 g/mol. The zero-order valence-corrected chi connectivity index (χ0v) is 24.1. The van der Waals surface area contributed by atoms with E-state index in [1.165, 1.54) is 25.8 Å². The Labute approximate surface area is 244 Å². The molecule has 40 heavy (non-hydrogen) atoms. The van der Waals surface area contributed by atoms with Gasteiger partial charge in [0.15, 0.2) is 27.8 Å². The minimum atomic E-state index is -0.531. The Morgan fingerprint density at radius 2 is 1.93 bits per heavy atom. The summed E-state index contributed by atoms with van der Waals surface area (Å²) in [6, 6.07) is 10.2. The molecule has 0 aliphatic rings. The van der Waals surface area contributed by atoms with Crippen LogP contribution >= 0.6 is 35.4 Å². The van der Waals surface area contributed by atoms with Crippen LogP contribution in [0.3, 0.4) is 0 Å². The molecular formula is C26H25Cl2N7O4S. The van der Waals surface area contributed by atoms with E-state index in [1.54, 1.807) is 53.3 Å². The number of ether oxygens (including phenoxy) is 2. The van der Waals surface area contributed by atoms with Crippen molar-refractivity contribution in [1.82, 2.24) is 29.4 Å². The van der Waals surface area contributed by atoms with E-state index in [2.05, 4.69) is 27.4 Å². The maximum absolute atomic E-state index is 13.2. The SMILES string of the molecule is C=CCNC(=S)N/N=C\c1ccc(Oc2nc3c(c(=O)n(C)c(=O)n3C)n2Cc2ccc(Cl)cc2Cl)c(OC)c1. The van der Waals surface area contributed by atoms with Crippen molar-refractivity contribution in [1.29, 1.82) is 0 Å². The molecular weight excluding hydrogens is 577 g/mol. The van der Waals surface area contributed by atoms with Crippen molar-refractivity contribution in [2.75, 3.05) is 13.7 Å². The minimum absolute atomic E-state index is 0.0549. The van der Waals surface area contributed by atoms with Crippen LogP contribution in [0.25, 0.3) is 11.2 Å². The van der Waals surface area contributed by atoms with Crippen LogP contribution in [0.4, 0.5) is 0 Å². The second-order valence-electron chi connectivity index (χ2n) is 8.48. The molecule has 2 aromatic carbocycles. The fraction of sp³-hybridized carbons (Fsp3) is 0.192. The molecule has 0 radical (unpaired) electrons. The van der Waals surface area contributed by atoms with Crippen molar-refractivity contribution in [3.63, 3.8) is 0 Å². The summed E-state index contributed by atoms with van der Waals surface area (Å²) in [4.78, 5) is 30.3. The lowest BCUT2D eigenvalue weighted by atomic mass is 10.2. The third kappa shape index (κ3) is 6.03. The molecule has 0 fully saturated rings. The molecule has 0 aliphatic heterocycles. The molecule has 2 heterocycles. The summed E-state index contributed by atoms with van der Waals surface area (Å²) in [5.74, 6) is 0.692. The van der Waals surface area contributed by atoms with Gasteiger partial charge in [0.05, 0.1) is 19.9 Å². The highest BCUT2D eigenvalue weighted by Crippen LogP contribution is 2.33. The van der Waals surface area contributed by atoms with Crippen LogP contribution in [0.5, 0.6) is 17.5 Å². The molecule has 0 bridgehead atoms. The summed E-state index contributed by atoms with van der Waals surface area (Å²) in [7, 11) is 4.42. The van der Waals surface area contributed by atoms with E-state index in [0.29, 0.717) is 44.3 Å². The van der Waals surface area contributed by atoms with Gasteiger partial charge in [0.25, 0.3) is 5.56 Å². The Kier molecular flexibility index (Phi) is 8.93. The molecule has 0 saturated carbocycles. The molecule has 2 N–H and O–H groups in total. The molecule has 0 saturated heterocycles. The number of hydrogen-bond donors (Lipinski definition) is 2. The smallest absolute Gasteiger partial charge is 0.332 e. The number of nitrogens with zero attached hydrogens (tertiary/aromatic N) is 5. The van der Waals surface area contributed by atoms with Crippen LogP contribution in [0.2, 0.25) is 10.0 Å². The summed E-state index contributed by atoms with van der Waals surface area (Å²) in [6.45, 7) is 4.25. The molecule has 2 aromatic heterocycles. The number of rotatable bonds is 9. The van der Waals surface area contributed by atoms with E-state index >= 15 is 0 Å². The summed E-state index contributed by atoms with van der Waals surface area (Å²) < 4.78 is 15.6. The third-order valence-corrected chi connectivity index (χ3v) is 6.65. The van der Waals surface area contributed by atoms with Crippen molar-refractivity contribution < 1.29 is 9.47 Å². The van der Waals surface area contributed by atoms with Gasteiger partial charge in [-0.1, -0.05) is 35.3 Å². The highest BCUT2D eigenvalue weighted by molar-refractivity contribution is 7.80. The summed E-state index contributed by atoms with van der Waals surface area (Å²) in [6.07, 6.45) is 3.24. The standard InChI is InChI=1S/C26H25Cl2N7O4S/c1-5-10-29-24(40)32-30-13-15-6-9-19(20(11-15)38-4)39-25-31-22-21(23(36)34(3)26(37)33(22)2)35(25)14-16-7-8-17(27)12-18(16)28/h5-9,11-13H,1,10,14H2,2-4H3,(H2,29,32,40)/b30-13-. The van der Waals surface area contributed by atoms with Gasteiger partial charge in [-0.25, -0.2) is 4.79 Å². The number of thiocarbonyl (C=S) groups is 1. The Hall–Kier alpha value is -4.13. The van der Waals surface area contributed by atoms with Crippen LogP contribution in [0.15, 0.2) is 63.7 Å². The van der Waals surface area contributed by atoms with Crippen LogP contribution in [0, 0.1) is 0 Å². The second-order valence-corrected chi connectivity index (χ2v) is 9.73. The number of hydrazone groups is 1. The topological polar surface area (TPSA) is 117 Å². The first-order valence-electron chi connectivity index (χ1n) is 11.8. The number of aryl methyl sites for hydroxylation is 1. The molecule has 208 valence electrons. The number of aromatic nitrogens is 4. The predicted molar refractivity (Wildman–Crippen MR) is 160 cm³/mol. The van der Waals surface area contributed by atoms with Gasteiger partial charge in [0.2, 0.25) is 0 Å². The van der Waals surface area contributed by atoms with E-state index in [-0.39, 0.29) is 23.7 Å². The van der Waals surface area contributed by atoms with Gasteiger partial charge >= 0.3 is 11.7 Å². The van der Waals surface area contributed by atoms with Gasteiger partial charge in [0, 0.05) is 30.7 Å². The van der Waals surface area contributed by atoms with E-state index in [4.69, 9.17) is 44.9 Å². The van der Waals surface area contributed by atoms with E-state index in [9.17, 15) is 9.59 Å². The number of nitrogens with one attached hydrogen (secondary N) is 2. The molecule has 0 aliphatic carbocycles. The zero-order valence-electron chi connectivity index (χ0n) is 21.8. The third-order valence-electron chi connectivity index (χ3n) is 5.83. The Bertz CT molecular complexity index is 1760. The number of fused-ring (bicyclic) bond motifs is 1. The molecule has 0 atom stereocenters. The van der Waals surface area contributed by atoms with Crippen LogP contribution < -0.4 is 31.5 Å². The van der Waals surface area contributed by atoms with E-state index in [1.807, 2.05) is 0 Å². The van der Waals surface area contributed by atoms with Crippen molar-refractivity contribution >= 4 is 57.9 Å². The molecule has 11 nitrogen and oxygen atoms in total. The highest BCUT2D eigenvalue weighted by atomic mass is 35.5. The molecule has 0 unspecified atom stereocenters. The van der Waals surface area contributed by atoms with Crippen LogP contribution in [-0.2, 0) is 20.6 Å². The summed E-state index contributed by atoms with van der Waals surface area (Å²) >= 11 is 17.6. The average molecular weight is 603 g/mol. The molecule has 14 heteroatoms. The first kappa shape index (κ1) is 28.9. The molecule has 0 spiro atoms. The van der Waals surface area contributed by atoms with Crippen molar-refractivity contribution in [3.05, 3.63) is 91.1 Å². The van der Waals surface area contributed by atoms with Gasteiger partial charge in [-0.05, 0) is 53.7 Å². The number of halogens is 2. The Balaban J connectivity index is 1.75. The molecule has 0 amide bonds. The van der Waals surface area contributed by atoms with Gasteiger partial charge in [-0.2, -0.15) is 10.1 Å². The van der Waals surface area contributed by atoms with Gasteiger partial charge < -0.3 is 14.8 Å².